The molecule has 1 saturated heterocycles. The summed E-state index contributed by atoms with van der Waals surface area (Å²) in [5.41, 5.74) is 0. The highest BCUT2D eigenvalue weighted by molar-refractivity contribution is 5.86. The van der Waals surface area contributed by atoms with Crippen molar-refractivity contribution in [2.45, 2.75) is 109 Å². The average Bonchev–Trinajstić information content (AvgIpc) is 2.71. The van der Waals surface area contributed by atoms with E-state index in [0.29, 0.717) is 12.6 Å². The molecule has 0 spiro atoms. The number of nitrogens with one attached hydrogen (secondary N) is 2. The van der Waals surface area contributed by atoms with E-state index in [2.05, 4.69) is 24.5 Å². The minimum absolute atomic E-state index is 0.0357. The zero-order valence-electron chi connectivity index (χ0n) is 18.4. The number of aliphatic hydroxyl groups is 4. The molecule has 0 aromatic heterocycles. The van der Waals surface area contributed by atoms with E-state index in [9.17, 15) is 25.2 Å². The predicted octanol–water partition coefficient (Wildman–Crippen LogP) is 0.308. The minimum atomic E-state index is -1.37. The second kappa shape index (κ2) is 13.6. The fourth-order valence-corrected chi connectivity index (χ4v) is 3.70. The summed E-state index contributed by atoms with van der Waals surface area (Å²) in [6.07, 6.45) is -0.499. The van der Waals surface area contributed by atoms with Gasteiger partial charge in [0, 0.05) is 12.0 Å². The molecule has 0 amide bonds. The summed E-state index contributed by atoms with van der Waals surface area (Å²) < 4.78 is 5.43. The van der Waals surface area contributed by atoms with Gasteiger partial charge < -0.3 is 30.5 Å². The molecule has 0 aliphatic carbocycles. The first-order valence-electron chi connectivity index (χ1n) is 11.1. The van der Waals surface area contributed by atoms with Crippen LogP contribution in [0.3, 0.4) is 0 Å². The second-order valence-corrected chi connectivity index (χ2v) is 8.32. The van der Waals surface area contributed by atoms with Crippen molar-refractivity contribution in [1.29, 1.82) is 0 Å². The highest BCUT2D eigenvalue weighted by Crippen LogP contribution is 2.20. The molecule has 1 aliphatic rings. The number of rotatable bonds is 14. The second-order valence-electron chi connectivity index (χ2n) is 8.32. The first-order chi connectivity index (χ1) is 13.8. The SMILES string of the molecule is CCCC(C)N[C@@H](CCCCNC1OC(CO)C(O)C(O)C1O)C(=O)C(C)CC. The monoisotopic (exact) mass is 418 g/mol. The third kappa shape index (κ3) is 8.20. The van der Waals surface area contributed by atoms with Crippen LogP contribution in [0.25, 0.3) is 0 Å². The van der Waals surface area contributed by atoms with Crippen LogP contribution in [0.1, 0.15) is 66.2 Å². The Kier molecular flexibility index (Phi) is 12.4. The summed E-state index contributed by atoms with van der Waals surface area (Å²) in [4.78, 5) is 12.7. The number of ketones is 1. The highest BCUT2D eigenvalue weighted by atomic mass is 16.6. The van der Waals surface area contributed by atoms with Gasteiger partial charge in [-0.15, -0.1) is 0 Å². The van der Waals surface area contributed by atoms with Crippen molar-refractivity contribution in [3.8, 4) is 0 Å². The fraction of sp³-hybridized carbons (Fsp3) is 0.952. The highest BCUT2D eigenvalue weighted by Gasteiger charge is 2.43. The first kappa shape index (κ1) is 26.4. The molecule has 8 nitrogen and oxygen atoms in total. The van der Waals surface area contributed by atoms with Gasteiger partial charge in [-0.1, -0.05) is 33.6 Å². The molecule has 0 aromatic rings. The maximum atomic E-state index is 12.7. The molecular formula is C21H42N2O6. The third-order valence-electron chi connectivity index (χ3n) is 5.81. The van der Waals surface area contributed by atoms with Gasteiger partial charge in [0.15, 0.2) is 5.78 Å². The Bertz CT molecular complexity index is 464. The predicted molar refractivity (Wildman–Crippen MR) is 111 cm³/mol. The Morgan fingerprint density at radius 2 is 1.72 bits per heavy atom. The van der Waals surface area contributed by atoms with E-state index in [0.717, 1.165) is 38.5 Å². The smallest absolute Gasteiger partial charge is 0.152 e. The molecular weight excluding hydrogens is 376 g/mol. The van der Waals surface area contributed by atoms with Crippen LogP contribution in [-0.4, -0.2) is 82.1 Å². The van der Waals surface area contributed by atoms with Gasteiger partial charge in [0.25, 0.3) is 0 Å². The lowest BCUT2D eigenvalue weighted by Gasteiger charge is -2.40. The van der Waals surface area contributed by atoms with E-state index in [1.54, 1.807) is 0 Å². The molecule has 1 heterocycles. The molecule has 1 aliphatic heterocycles. The normalized spacial score (nSPS) is 30.7. The van der Waals surface area contributed by atoms with Crippen molar-refractivity contribution in [2.75, 3.05) is 13.2 Å². The van der Waals surface area contributed by atoms with Crippen LogP contribution in [0.5, 0.6) is 0 Å². The van der Waals surface area contributed by atoms with Crippen molar-refractivity contribution in [2.24, 2.45) is 5.92 Å². The van der Waals surface area contributed by atoms with E-state index in [1.807, 2.05) is 13.8 Å². The Hall–Kier alpha value is -0.610. The third-order valence-corrected chi connectivity index (χ3v) is 5.81. The Morgan fingerprint density at radius 1 is 1.03 bits per heavy atom. The standard InChI is InChI=1S/C21H42N2O6/c1-5-9-14(4)23-15(17(25)13(3)6-2)10-7-8-11-22-21-20(28)19(27)18(26)16(12-24)29-21/h13-16,18-24,26-28H,5-12H2,1-4H3/t13?,14?,15-,16?,18?,19?,20?,21?/m0/s1. The van der Waals surface area contributed by atoms with Crippen LogP contribution < -0.4 is 10.6 Å². The molecule has 7 unspecified atom stereocenters. The molecule has 0 aromatic carbocycles. The maximum absolute atomic E-state index is 12.7. The number of aliphatic hydroxyl groups excluding tert-OH is 4. The summed E-state index contributed by atoms with van der Waals surface area (Å²) in [6.45, 7) is 8.33. The molecule has 0 bridgehead atoms. The van der Waals surface area contributed by atoms with Gasteiger partial charge in [0.1, 0.15) is 30.6 Å². The van der Waals surface area contributed by atoms with Gasteiger partial charge in [-0.2, -0.15) is 0 Å². The van der Waals surface area contributed by atoms with Crippen LogP contribution in [-0.2, 0) is 9.53 Å². The lowest BCUT2D eigenvalue weighted by molar-refractivity contribution is -0.236. The number of hydrogen-bond donors (Lipinski definition) is 6. The zero-order valence-corrected chi connectivity index (χ0v) is 18.4. The van der Waals surface area contributed by atoms with Gasteiger partial charge in [-0.05, 0) is 39.2 Å². The Balaban J connectivity index is 2.46. The summed E-state index contributed by atoms with van der Waals surface area (Å²) in [5.74, 6) is 0.297. The molecule has 0 radical (unpaired) electrons. The van der Waals surface area contributed by atoms with Crippen molar-refractivity contribution < 1.29 is 30.0 Å². The Morgan fingerprint density at radius 3 is 2.31 bits per heavy atom. The molecule has 6 N–H and O–H groups in total. The Labute approximate surface area is 175 Å². The molecule has 1 fully saturated rings. The number of carbonyl (C=O) groups excluding carboxylic acids is 1. The molecule has 1 rings (SSSR count). The van der Waals surface area contributed by atoms with E-state index >= 15 is 0 Å². The summed E-state index contributed by atoms with van der Waals surface area (Å²) >= 11 is 0. The number of carbonyl (C=O) groups is 1. The lowest BCUT2D eigenvalue weighted by Crippen LogP contribution is -2.62. The van der Waals surface area contributed by atoms with Crippen LogP contribution in [0, 0.1) is 5.92 Å². The first-order valence-corrected chi connectivity index (χ1v) is 11.1. The minimum Gasteiger partial charge on any atom is -0.394 e. The van der Waals surface area contributed by atoms with E-state index in [1.165, 1.54) is 0 Å². The number of unbranched alkanes of at least 4 members (excludes halogenated alkanes) is 1. The molecule has 29 heavy (non-hydrogen) atoms. The molecule has 8 heteroatoms. The van der Waals surface area contributed by atoms with Crippen molar-refractivity contribution in [1.82, 2.24) is 10.6 Å². The van der Waals surface area contributed by atoms with Crippen LogP contribution in [0.15, 0.2) is 0 Å². The van der Waals surface area contributed by atoms with Crippen LogP contribution in [0.4, 0.5) is 0 Å². The van der Waals surface area contributed by atoms with Crippen molar-refractivity contribution in [3.63, 3.8) is 0 Å². The van der Waals surface area contributed by atoms with Crippen molar-refractivity contribution >= 4 is 5.78 Å². The summed E-state index contributed by atoms with van der Waals surface area (Å²) in [6, 6.07) is 0.143. The van der Waals surface area contributed by atoms with Gasteiger partial charge in [0.05, 0.1) is 12.6 Å². The van der Waals surface area contributed by atoms with Crippen molar-refractivity contribution in [3.05, 3.63) is 0 Å². The summed E-state index contributed by atoms with van der Waals surface area (Å²) in [5, 5.41) is 45.4. The van der Waals surface area contributed by atoms with Crippen LogP contribution >= 0.6 is 0 Å². The van der Waals surface area contributed by atoms with Crippen LogP contribution in [0.2, 0.25) is 0 Å². The lowest BCUT2D eigenvalue weighted by atomic mass is 9.93. The fourth-order valence-electron chi connectivity index (χ4n) is 3.70. The molecule has 8 atom stereocenters. The van der Waals surface area contributed by atoms with Gasteiger partial charge in [0.2, 0.25) is 0 Å². The number of ether oxygens (including phenoxy) is 1. The molecule has 172 valence electrons. The molecule has 0 saturated carbocycles. The quantitative estimate of drug-likeness (QED) is 0.222. The van der Waals surface area contributed by atoms with E-state index < -0.39 is 37.3 Å². The zero-order chi connectivity index (χ0) is 22.0. The summed E-state index contributed by atoms with van der Waals surface area (Å²) in [7, 11) is 0. The maximum Gasteiger partial charge on any atom is 0.152 e. The largest absolute Gasteiger partial charge is 0.394 e. The topological polar surface area (TPSA) is 131 Å². The van der Waals surface area contributed by atoms with Gasteiger partial charge in [-0.3, -0.25) is 10.1 Å². The number of hydrogen-bond acceptors (Lipinski definition) is 8. The van der Waals surface area contributed by atoms with E-state index in [-0.39, 0.29) is 17.7 Å². The van der Waals surface area contributed by atoms with Gasteiger partial charge in [-0.25, -0.2) is 0 Å². The average molecular weight is 419 g/mol. The van der Waals surface area contributed by atoms with E-state index in [4.69, 9.17) is 4.74 Å². The van der Waals surface area contributed by atoms with Gasteiger partial charge >= 0.3 is 0 Å². The number of Topliss-reactive ketones (excluding diaryl/α,β-unsaturated/α-hetero) is 1.